The van der Waals surface area contributed by atoms with E-state index >= 15 is 0 Å². The summed E-state index contributed by atoms with van der Waals surface area (Å²) in [6.07, 6.45) is 1.71. The van der Waals surface area contributed by atoms with Gasteiger partial charge in [-0.1, -0.05) is 0 Å². The summed E-state index contributed by atoms with van der Waals surface area (Å²) in [5, 5.41) is 3.35. The summed E-state index contributed by atoms with van der Waals surface area (Å²) >= 11 is 1.91. The van der Waals surface area contributed by atoms with Crippen molar-refractivity contribution in [2.75, 3.05) is 24.7 Å². The molecule has 1 rings (SSSR count). The molecule has 0 aromatic carbocycles. The molecule has 1 aliphatic heterocycles. The molecule has 1 aliphatic rings. The molecule has 13 heavy (non-hydrogen) atoms. The van der Waals surface area contributed by atoms with Gasteiger partial charge < -0.3 is 10.1 Å². The maximum atomic E-state index is 11.2. The van der Waals surface area contributed by atoms with Gasteiger partial charge in [0.15, 0.2) is 0 Å². The van der Waals surface area contributed by atoms with Crippen LogP contribution in [0.4, 0.5) is 0 Å². The third kappa shape index (κ3) is 4.52. The van der Waals surface area contributed by atoms with Gasteiger partial charge in [0.25, 0.3) is 0 Å². The average molecular weight is 203 g/mol. The molecule has 4 heteroatoms. The van der Waals surface area contributed by atoms with Crippen LogP contribution in [0.5, 0.6) is 0 Å². The van der Waals surface area contributed by atoms with Gasteiger partial charge in [-0.05, 0) is 25.6 Å². The first-order chi connectivity index (χ1) is 6.33. The Morgan fingerprint density at radius 1 is 1.69 bits per heavy atom. The lowest BCUT2D eigenvalue weighted by Gasteiger charge is -2.13. The Bertz CT molecular complexity index is 156. The third-order valence-electron chi connectivity index (χ3n) is 1.94. The molecule has 0 spiro atoms. The quantitative estimate of drug-likeness (QED) is 0.695. The average Bonchev–Trinajstić information content (AvgIpc) is 2.33. The number of carbonyl (C=O) groups is 1. The Morgan fingerprint density at radius 3 is 3.31 bits per heavy atom. The summed E-state index contributed by atoms with van der Waals surface area (Å²) in [5.41, 5.74) is 0. The second-order valence-electron chi connectivity index (χ2n) is 3.09. The molecule has 1 atom stereocenters. The van der Waals surface area contributed by atoms with Crippen molar-refractivity contribution in [1.29, 1.82) is 0 Å². The first kappa shape index (κ1) is 10.9. The van der Waals surface area contributed by atoms with Gasteiger partial charge in [0, 0.05) is 11.8 Å². The maximum Gasteiger partial charge on any atom is 0.307 e. The molecule has 1 fully saturated rings. The molecule has 0 aromatic heterocycles. The Kier molecular flexibility index (Phi) is 5.23. The van der Waals surface area contributed by atoms with Crippen LogP contribution in [-0.4, -0.2) is 36.7 Å². The topological polar surface area (TPSA) is 38.3 Å². The van der Waals surface area contributed by atoms with Crippen LogP contribution in [0.1, 0.15) is 19.8 Å². The van der Waals surface area contributed by atoms with Crippen LogP contribution < -0.4 is 5.32 Å². The predicted molar refractivity (Wildman–Crippen MR) is 55.0 cm³/mol. The van der Waals surface area contributed by atoms with Crippen molar-refractivity contribution in [3.8, 4) is 0 Å². The van der Waals surface area contributed by atoms with Crippen molar-refractivity contribution in [1.82, 2.24) is 5.32 Å². The van der Waals surface area contributed by atoms with E-state index in [2.05, 4.69) is 5.32 Å². The predicted octanol–water partition coefficient (Wildman–Crippen LogP) is 1.03. The van der Waals surface area contributed by atoms with Gasteiger partial charge in [-0.3, -0.25) is 4.79 Å². The molecule has 1 heterocycles. The van der Waals surface area contributed by atoms with Gasteiger partial charge in [-0.25, -0.2) is 0 Å². The number of ether oxygens (including phenoxy) is 1. The van der Waals surface area contributed by atoms with Crippen LogP contribution in [0.25, 0.3) is 0 Å². The lowest BCUT2D eigenvalue weighted by atomic mass is 10.2. The third-order valence-corrected chi connectivity index (χ3v) is 3.15. The first-order valence-corrected chi connectivity index (χ1v) is 5.95. The second-order valence-corrected chi connectivity index (χ2v) is 4.24. The molecular formula is C9H17NO2S. The minimum atomic E-state index is -0.0810. The highest BCUT2D eigenvalue weighted by Crippen LogP contribution is 2.11. The molecule has 1 N–H and O–H groups in total. The minimum Gasteiger partial charge on any atom is -0.466 e. The zero-order chi connectivity index (χ0) is 9.52. The number of esters is 1. The first-order valence-electron chi connectivity index (χ1n) is 4.79. The zero-order valence-corrected chi connectivity index (χ0v) is 8.86. The van der Waals surface area contributed by atoms with E-state index in [4.69, 9.17) is 4.74 Å². The molecule has 0 bridgehead atoms. The molecule has 3 nitrogen and oxygen atoms in total. The smallest absolute Gasteiger partial charge is 0.307 e. The fraction of sp³-hybridized carbons (Fsp3) is 0.889. The number of hydrogen-bond donors (Lipinski definition) is 1. The maximum absolute atomic E-state index is 11.2. The molecule has 1 unspecified atom stereocenters. The van der Waals surface area contributed by atoms with Crippen molar-refractivity contribution < 1.29 is 9.53 Å². The van der Waals surface area contributed by atoms with Crippen LogP contribution in [0.2, 0.25) is 0 Å². The van der Waals surface area contributed by atoms with Gasteiger partial charge in [0.05, 0.1) is 13.0 Å². The van der Waals surface area contributed by atoms with E-state index in [-0.39, 0.29) is 5.97 Å². The lowest BCUT2D eigenvalue weighted by molar-refractivity contribution is -0.143. The van der Waals surface area contributed by atoms with E-state index in [0.29, 0.717) is 19.1 Å². The molecular weight excluding hydrogens is 186 g/mol. The van der Waals surface area contributed by atoms with E-state index in [9.17, 15) is 4.79 Å². The Labute approximate surface area is 83.6 Å². The fourth-order valence-corrected chi connectivity index (χ4v) is 2.35. The standard InChI is InChI=1S/C9H17NO2S/c1-2-12-9(11)6-8-7-13-5-3-4-10-8/h8,10H,2-7H2,1H3. The summed E-state index contributed by atoms with van der Waals surface area (Å²) in [7, 11) is 0. The summed E-state index contributed by atoms with van der Waals surface area (Å²) in [4.78, 5) is 11.2. The highest BCUT2D eigenvalue weighted by molar-refractivity contribution is 7.99. The highest BCUT2D eigenvalue weighted by atomic mass is 32.2. The van der Waals surface area contributed by atoms with Crippen LogP contribution in [0.3, 0.4) is 0 Å². The minimum absolute atomic E-state index is 0.0810. The molecule has 0 aromatic rings. The summed E-state index contributed by atoms with van der Waals surface area (Å²) in [5.74, 6) is 2.15. The lowest BCUT2D eigenvalue weighted by Crippen LogP contribution is -2.33. The SMILES string of the molecule is CCOC(=O)CC1CSCCCN1. The Morgan fingerprint density at radius 2 is 2.54 bits per heavy atom. The van der Waals surface area contributed by atoms with Crippen LogP contribution in [0, 0.1) is 0 Å². The summed E-state index contributed by atoms with van der Waals surface area (Å²) in [6, 6.07) is 0.312. The van der Waals surface area contributed by atoms with Crippen molar-refractivity contribution in [3.05, 3.63) is 0 Å². The van der Waals surface area contributed by atoms with Gasteiger partial charge in [-0.15, -0.1) is 0 Å². The van der Waals surface area contributed by atoms with Crippen LogP contribution in [-0.2, 0) is 9.53 Å². The van der Waals surface area contributed by atoms with Crippen LogP contribution in [0.15, 0.2) is 0 Å². The number of carbonyl (C=O) groups excluding carboxylic acids is 1. The fourth-order valence-electron chi connectivity index (χ4n) is 1.32. The van der Waals surface area contributed by atoms with Crippen LogP contribution >= 0.6 is 11.8 Å². The summed E-state index contributed by atoms with van der Waals surface area (Å²) < 4.78 is 4.90. The Hall–Kier alpha value is -0.220. The van der Waals surface area contributed by atoms with Crippen molar-refractivity contribution in [2.45, 2.75) is 25.8 Å². The molecule has 76 valence electrons. The van der Waals surface area contributed by atoms with Crippen molar-refractivity contribution >= 4 is 17.7 Å². The van der Waals surface area contributed by atoms with E-state index in [0.717, 1.165) is 12.3 Å². The van der Waals surface area contributed by atoms with Crippen molar-refractivity contribution in [3.63, 3.8) is 0 Å². The largest absolute Gasteiger partial charge is 0.466 e. The zero-order valence-electron chi connectivity index (χ0n) is 8.04. The summed E-state index contributed by atoms with van der Waals surface area (Å²) in [6.45, 7) is 3.35. The number of nitrogens with one attached hydrogen (secondary N) is 1. The molecule has 0 radical (unpaired) electrons. The number of rotatable bonds is 3. The highest BCUT2D eigenvalue weighted by Gasteiger charge is 2.15. The normalized spacial score (nSPS) is 23.6. The Balaban J connectivity index is 2.21. The number of hydrogen-bond acceptors (Lipinski definition) is 4. The molecule has 0 amide bonds. The van der Waals surface area contributed by atoms with E-state index in [1.165, 1.54) is 12.2 Å². The van der Waals surface area contributed by atoms with Gasteiger partial charge in [-0.2, -0.15) is 11.8 Å². The molecule has 0 aliphatic carbocycles. The van der Waals surface area contributed by atoms with Crippen molar-refractivity contribution in [2.24, 2.45) is 0 Å². The van der Waals surface area contributed by atoms with Gasteiger partial charge >= 0.3 is 5.97 Å². The molecule has 0 saturated carbocycles. The monoisotopic (exact) mass is 203 g/mol. The molecule has 1 saturated heterocycles. The van der Waals surface area contributed by atoms with E-state index in [1.54, 1.807) is 0 Å². The van der Waals surface area contributed by atoms with Gasteiger partial charge in [0.1, 0.15) is 0 Å². The van der Waals surface area contributed by atoms with E-state index < -0.39 is 0 Å². The van der Waals surface area contributed by atoms with E-state index in [1.807, 2.05) is 18.7 Å². The second kappa shape index (κ2) is 6.27. The number of thioether (sulfide) groups is 1. The van der Waals surface area contributed by atoms with Gasteiger partial charge in [0.2, 0.25) is 0 Å².